The van der Waals surface area contributed by atoms with Gasteiger partial charge in [-0.25, -0.2) is 0 Å². The minimum Gasteiger partial charge on any atom is -0.647 e. The van der Waals surface area contributed by atoms with Gasteiger partial charge in [0.25, 0.3) is 0 Å². The smallest absolute Gasteiger partial charge is 0.647 e. The van der Waals surface area contributed by atoms with Crippen LogP contribution in [0.15, 0.2) is 0 Å². The van der Waals surface area contributed by atoms with Crippen LogP contribution in [0.4, 0.5) is 0 Å². The first-order valence-corrected chi connectivity index (χ1v) is 4.77. The zero-order valence-corrected chi connectivity index (χ0v) is 9.38. The van der Waals surface area contributed by atoms with Crippen molar-refractivity contribution in [3.05, 3.63) is 10.6 Å². The zero-order valence-electron chi connectivity index (χ0n) is 7.65. The first-order valence-electron chi connectivity index (χ1n) is 4.77. The summed E-state index contributed by atoms with van der Waals surface area (Å²) in [4.78, 5) is 0. The van der Waals surface area contributed by atoms with E-state index in [4.69, 9.17) is 0 Å². The summed E-state index contributed by atoms with van der Waals surface area (Å²) in [5.41, 5.74) is 0. The largest absolute Gasteiger partial charge is 2.00 e. The van der Waals surface area contributed by atoms with Gasteiger partial charge in [-0.1, -0.05) is 25.2 Å². The quantitative estimate of drug-likeness (QED) is 0.676. The van der Waals surface area contributed by atoms with Crippen molar-refractivity contribution in [2.24, 2.45) is 0 Å². The topological polar surface area (TPSA) is 52.3 Å². The monoisotopic (exact) mass is 270 g/mol. The Bertz CT molecular complexity index is 116. The molecular weight excluding hydrogens is 253 g/mol. The van der Waals surface area contributed by atoms with E-state index in [-0.39, 0.29) is 31.8 Å². The Hall–Kier alpha value is 0.463. The average Bonchev–Trinajstić information content (AvgIpc) is 2.21. The molecule has 0 amide bonds. The molecule has 0 saturated carbocycles. The molecule has 2 fully saturated rings. The number of hydrogen-bond donors (Lipinski definition) is 2. The molecule has 5 heteroatoms. The van der Waals surface area contributed by atoms with E-state index < -0.39 is 0 Å². The summed E-state index contributed by atoms with van der Waals surface area (Å²) in [5.74, 6) is 0. The summed E-state index contributed by atoms with van der Waals surface area (Å²) in [6.45, 7) is 4.15. The van der Waals surface area contributed by atoms with E-state index in [0.717, 1.165) is 26.2 Å². The molecule has 2 unspecified atom stereocenters. The van der Waals surface area contributed by atoms with Gasteiger partial charge in [-0.05, 0) is 13.1 Å². The third-order valence-electron chi connectivity index (χ3n) is 2.33. The van der Waals surface area contributed by atoms with Crippen molar-refractivity contribution >= 4 is 0 Å². The Balaban J connectivity index is 0.000000845. The van der Waals surface area contributed by atoms with E-state index in [1.165, 1.54) is 12.8 Å². The van der Waals surface area contributed by atoms with Crippen molar-refractivity contribution in [1.82, 2.24) is 10.6 Å². The van der Waals surface area contributed by atoms with Gasteiger partial charge in [0.1, 0.15) is 0 Å². The Morgan fingerprint density at radius 2 is 1.31 bits per heavy atom. The van der Waals surface area contributed by atoms with Crippen molar-refractivity contribution in [3.8, 4) is 0 Å². The van der Waals surface area contributed by atoms with Crippen LogP contribution in [-0.4, -0.2) is 38.5 Å². The maximum atomic E-state index is 4.49. The Morgan fingerprint density at radius 3 is 1.62 bits per heavy atom. The molecule has 2 rings (SSSR count). The fourth-order valence-corrected chi connectivity index (χ4v) is 1.67. The van der Waals surface area contributed by atoms with Gasteiger partial charge in [0.05, 0.1) is 0 Å². The summed E-state index contributed by atoms with van der Waals surface area (Å²) in [7, 11) is 0. The van der Waals surface area contributed by atoms with Gasteiger partial charge >= 0.3 is 19.5 Å². The molecule has 0 aromatic rings. The molecule has 2 atom stereocenters. The molecule has 0 bridgehead atoms. The second-order valence-corrected chi connectivity index (χ2v) is 3.32. The Kier molecular flexibility index (Phi) is 5.36. The third kappa shape index (κ3) is 3.26. The van der Waals surface area contributed by atoms with Crippen molar-refractivity contribution in [1.29, 1.82) is 0 Å². The van der Waals surface area contributed by atoms with Gasteiger partial charge in [0.2, 0.25) is 0 Å². The van der Waals surface area contributed by atoms with E-state index in [2.05, 4.69) is 21.3 Å². The number of nitrogens with zero attached hydrogens (tertiary/aromatic N) is 2. The molecular formula is C8H16N4Ru. The zero-order chi connectivity index (χ0) is 8.23. The number of nitrogens with one attached hydrogen (secondary N) is 2. The van der Waals surface area contributed by atoms with Crippen molar-refractivity contribution < 1.29 is 19.5 Å². The first kappa shape index (κ1) is 11.5. The van der Waals surface area contributed by atoms with Crippen LogP contribution in [0.25, 0.3) is 10.6 Å². The molecule has 2 heterocycles. The predicted molar refractivity (Wildman–Crippen MR) is 49.3 cm³/mol. The van der Waals surface area contributed by atoms with E-state index >= 15 is 0 Å². The molecule has 4 nitrogen and oxygen atoms in total. The molecule has 0 aliphatic carbocycles. The first-order chi connectivity index (χ1) is 5.97. The second kappa shape index (κ2) is 6.04. The van der Waals surface area contributed by atoms with Gasteiger partial charge in [0.15, 0.2) is 0 Å². The standard InChI is InChI=1S/C8H16N4.Ru/c1-3-9-7(10-4-1)8-11-5-2-6-12-8;/h7-9,11H,1-6H2;/q-2;+2. The Morgan fingerprint density at radius 1 is 0.846 bits per heavy atom. The normalized spacial score (nSPS) is 35.1. The van der Waals surface area contributed by atoms with Crippen LogP contribution in [0.5, 0.6) is 0 Å². The summed E-state index contributed by atoms with van der Waals surface area (Å²) >= 11 is 0. The van der Waals surface area contributed by atoms with Gasteiger partial charge in [-0.3, -0.25) is 0 Å². The van der Waals surface area contributed by atoms with Crippen molar-refractivity contribution in [3.63, 3.8) is 0 Å². The molecule has 0 spiro atoms. The van der Waals surface area contributed by atoms with Gasteiger partial charge in [0, 0.05) is 0 Å². The van der Waals surface area contributed by atoms with Crippen LogP contribution in [-0.2, 0) is 19.5 Å². The summed E-state index contributed by atoms with van der Waals surface area (Å²) in [6.07, 6.45) is 2.81. The molecule has 76 valence electrons. The van der Waals surface area contributed by atoms with Crippen molar-refractivity contribution in [2.75, 3.05) is 26.2 Å². The van der Waals surface area contributed by atoms with Gasteiger partial charge in [-0.2, -0.15) is 0 Å². The van der Waals surface area contributed by atoms with Crippen LogP contribution in [0.2, 0.25) is 0 Å². The maximum absolute atomic E-state index is 4.49. The summed E-state index contributed by atoms with van der Waals surface area (Å²) < 4.78 is 0. The van der Waals surface area contributed by atoms with E-state index in [1.807, 2.05) is 0 Å². The molecule has 0 radical (unpaired) electrons. The fraction of sp³-hybridized carbons (Fsp3) is 1.00. The predicted octanol–water partition coefficient (Wildman–Crippen LogP) is 0.370. The molecule has 2 aliphatic heterocycles. The van der Waals surface area contributed by atoms with Crippen LogP contribution in [0, 0.1) is 0 Å². The maximum Gasteiger partial charge on any atom is 2.00 e. The van der Waals surface area contributed by atoms with Gasteiger partial charge in [-0.15, -0.1) is 13.1 Å². The molecule has 2 N–H and O–H groups in total. The third-order valence-corrected chi connectivity index (χ3v) is 2.33. The minimum atomic E-state index is 0. The number of rotatable bonds is 1. The van der Waals surface area contributed by atoms with Crippen LogP contribution < -0.4 is 10.6 Å². The SMILES string of the molecule is C1C[N-]C(C2[N-]CCCN2)NC1.[Ru+2]. The molecule has 2 aliphatic rings. The van der Waals surface area contributed by atoms with Gasteiger partial charge < -0.3 is 21.3 Å². The van der Waals surface area contributed by atoms with Crippen LogP contribution in [0.3, 0.4) is 0 Å². The van der Waals surface area contributed by atoms with Crippen molar-refractivity contribution in [2.45, 2.75) is 25.2 Å². The molecule has 0 aromatic carbocycles. The van der Waals surface area contributed by atoms with E-state index in [9.17, 15) is 0 Å². The summed E-state index contributed by atoms with van der Waals surface area (Å²) in [5, 5.41) is 15.7. The number of hydrogen-bond acceptors (Lipinski definition) is 2. The molecule has 0 aromatic heterocycles. The minimum absolute atomic E-state index is 0. The second-order valence-electron chi connectivity index (χ2n) is 3.32. The molecule has 13 heavy (non-hydrogen) atoms. The van der Waals surface area contributed by atoms with E-state index in [1.54, 1.807) is 0 Å². The Labute approximate surface area is 92.4 Å². The molecule has 2 saturated heterocycles. The van der Waals surface area contributed by atoms with E-state index in [0.29, 0.717) is 0 Å². The fourth-order valence-electron chi connectivity index (χ4n) is 1.67. The van der Waals surface area contributed by atoms with Crippen LogP contribution in [0.1, 0.15) is 12.8 Å². The van der Waals surface area contributed by atoms with Crippen LogP contribution >= 0.6 is 0 Å². The summed E-state index contributed by atoms with van der Waals surface area (Å²) in [6, 6.07) is 0. The average molecular weight is 269 g/mol.